The fraction of sp³-hybridized carbons (Fsp3) is 0.333. The van der Waals surface area contributed by atoms with Gasteiger partial charge in [-0.05, 0) is 25.0 Å². The van der Waals surface area contributed by atoms with Crippen LogP contribution in [0.15, 0.2) is 23.1 Å². The molecule has 4 nitrogen and oxygen atoms in total. The summed E-state index contributed by atoms with van der Waals surface area (Å²) < 4.78 is 40.8. The second-order valence-corrected chi connectivity index (χ2v) is 4.93. The molecular weight excluding hydrogens is 221 g/mol. The van der Waals surface area contributed by atoms with E-state index in [0.717, 1.165) is 18.9 Å². The topological polar surface area (TPSA) is 69.4 Å². The zero-order valence-corrected chi connectivity index (χ0v) is 8.63. The summed E-state index contributed by atoms with van der Waals surface area (Å²) in [6.45, 7) is 0. The van der Waals surface area contributed by atoms with Crippen LogP contribution in [0.4, 0.5) is 4.39 Å². The van der Waals surface area contributed by atoms with Crippen LogP contribution in [-0.4, -0.2) is 14.5 Å². The van der Waals surface area contributed by atoms with Gasteiger partial charge in [-0.15, -0.1) is 0 Å². The van der Waals surface area contributed by atoms with Crippen molar-refractivity contribution >= 4 is 10.0 Å². The lowest BCUT2D eigenvalue weighted by Crippen LogP contribution is -2.16. The summed E-state index contributed by atoms with van der Waals surface area (Å²) in [4.78, 5) is -0.558. The van der Waals surface area contributed by atoms with E-state index in [1.165, 1.54) is 12.1 Å². The van der Waals surface area contributed by atoms with Crippen molar-refractivity contribution in [3.63, 3.8) is 0 Å². The minimum atomic E-state index is -4.08. The van der Waals surface area contributed by atoms with E-state index in [4.69, 9.17) is 9.88 Å². The average molecular weight is 231 g/mol. The molecule has 0 bridgehead atoms. The van der Waals surface area contributed by atoms with Crippen molar-refractivity contribution in [1.29, 1.82) is 0 Å². The van der Waals surface area contributed by atoms with Gasteiger partial charge >= 0.3 is 0 Å². The first kappa shape index (κ1) is 10.4. The summed E-state index contributed by atoms with van der Waals surface area (Å²) in [6.07, 6.45) is 1.72. The van der Waals surface area contributed by atoms with Gasteiger partial charge in [-0.3, -0.25) is 0 Å². The first-order chi connectivity index (χ1) is 6.98. The number of hydrogen-bond donors (Lipinski definition) is 1. The molecule has 6 heteroatoms. The molecule has 0 amide bonds. The Hall–Kier alpha value is -1.14. The molecular formula is C9H10FNO3S. The second kappa shape index (κ2) is 3.46. The van der Waals surface area contributed by atoms with Gasteiger partial charge in [0.2, 0.25) is 10.0 Å². The molecule has 2 rings (SSSR count). The largest absolute Gasteiger partial charge is 0.489 e. The highest BCUT2D eigenvalue weighted by Gasteiger charge is 2.28. The average Bonchev–Trinajstić information content (AvgIpc) is 2.85. The van der Waals surface area contributed by atoms with Crippen LogP contribution in [0.25, 0.3) is 0 Å². The first-order valence-electron chi connectivity index (χ1n) is 4.46. The summed E-state index contributed by atoms with van der Waals surface area (Å²) in [5.41, 5.74) is 0. The van der Waals surface area contributed by atoms with E-state index in [-0.39, 0.29) is 11.9 Å². The second-order valence-electron chi connectivity index (χ2n) is 3.43. The molecule has 1 aliphatic rings. The smallest absolute Gasteiger partial charge is 0.244 e. The predicted octanol–water partition coefficient (Wildman–Crippen LogP) is 1.01. The minimum absolute atomic E-state index is 0.000000000000000666. The number of ether oxygens (including phenoxy) is 1. The fourth-order valence-corrected chi connectivity index (χ4v) is 1.96. The first-order valence-corrected chi connectivity index (χ1v) is 6.01. The quantitative estimate of drug-likeness (QED) is 0.844. The van der Waals surface area contributed by atoms with E-state index in [0.29, 0.717) is 0 Å². The molecule has 0 heterocycles. The highest BCUT2D eigenvalue weighted by atomic mass is 32.2. The van der Waals surface area contributed by atoms with Gasteiger partial charge in [0.25, 0.3) is 0 Å². The van der Waals surface area contributed by atoms with Crippen molar-refractivity contribution < 1.29 is 17.5 Å². The molecule has 0 saturated heterocycles. The van der Waals surface area contributed by atoms with Gasteiger partial charge in [0, 0.05) is 0 Å². The zero-order chi connectivity index (χ0) is 11.1. The van der Waals surface area contributed by atoms with Crippen LogP contribution in [0.5, 0.6) is 5.75 Å². The Morgan fingerprint density at radius 1 is 1.40 bits per heavy atom. The highest BCUT2D eigenvalue weighted by molar-refractivity contribution is 7.89. The van der Waals surface area contributed by atoms with E-state index in [1.807, 2.05) is 0 Å². The van der Waals surface area contributed by atoms with E-state index in [9.17, 15) is 12.8 Å². The van der Waals surface area contributed by atoms with E-state index in [2.05, 4.69) is 0 Å². The normalized spacial score (nSPS) is 16.4. The van der Waals surface area contributed by atoms with Gasteiger partial charge < -0.3 is 4.74 Å². The number of halogens is 1. The lowest BCUT2D eigenvalue weighted by atomic mass is 10.3. The minimum Gasteiger partial charge on any atom is -0.489 e. The van der Waals surface area contributed by atoms with Gasteiger partial charge in [-0.1, -0.05) is 6.07 Å². The number of benzene rings is 1. The Morgan fingerprint density at radius 3 is 2.60 bits per heavy atom. The summed E-state index contributed by atoms with van der Waals surface area (Å²) in [5, 5.41) is 4.91. The van der Waals surface area contributed by atoms with Gasteiger partial charge in [0.15, 0.2) is 4.90 Å². The standard InChI is InChI=1S/C9H10FNO3S/c10-7-2-1-3-8(14-6-4-5-6)9(7)15(11,12)13/h1-3,6H,4-5H2,(H2,11,12,13). The van der Waals surface area contributed by atoms with Crippen LogP contribution in [0.1, 0.15) is 12.8 Å². The predicted molar refractivity (Wildman–Crippen MR) is 51.4 cm³/mol. The molecule has 1 fully saturated rings. The number of rotatable bonds is 3. The molecule has 1 aromatic carbocycles. The van der Waals surface area contributed by atoms with Crippen LogP contribution >= 0.6 is 0 Å². The molecule has 1 saturated carbocycles. The third kappa shape index (κ3) is 2.27. The summed E-state index contributed by atoms with van der Waals surface area (Å²) in [7, 11) is -4.08. The number of primary sulfonamides is 1. The van der Waals surface area contributed by atoms with Crippen LogP contribution in [0.3, 0.4) is 0 Å². The van der Waals surface area contributed by atoms with E-state index < -0.39 is 20.7 Å². The zero-order valence-electron chi connectivity index (χ0n) is 7.81. The van der Waals surface area contributed by atoms with Crippen molar-refractivity contribution in [2.45, 2.75) is 23.8 Å². The molecule has 82 valence electrons. The molecule has 0 aliphatic heterocycles. The van der Waals surface area contributed by atoms with Gasteiger partial charge in [-0.2, -0.15) is 0 Å². The van der Waals surface area contributed by atoms with Gasteiger partial charge in [-0.25, -0.2) is 17.9 Å². The maximum atomic E-state index is 13.3. The van der Waals surface area contributed by atoms with Gasteiger partial charge in [0.1, 0.15) is 11.6 Å². The van der Waals surface area contributed by atoms with Crippen LogP contribution in [-0.2, 0) is 10.0 Å². The van der Waals surface area contributed by atoms with Crippen molar-refractivity contribution in [3.8, 4) is 5.75 Å². The molecule has 0 aromatic heterocycles. The summed E-state index contributed by atoms with van der Waals surface area (Å²) >= 11 is 0. The molecule has 1 aliphatic carbocycles. The van der Waals surface area contributed by atoms with E-state index >= 15 is 0 Å². The van der Waals surface area contributed by atoms with Crippen molar-refractivity contribution in [3.05, 3.63) is 24.0 Å². The lowest BCUT2D eigenvalue weighted by Gasteiger charge is -2.09. The maximum absolute atomic E-state index is 13.3. The highest BCUT2D eigenvalue weighted by Crippen LogP contribution is 2.32. The molecule has 0 unspecified atom stereocenters. The third-order valence-electron chi connectivity index (χ3n) is 2.03. The molecule has 15 heavy (non-hydrogen) atoms. The molecule has 0 atom stereocenters. The van der Waals surface area contributed by atoms with Crippen molar-refractivity contribution in [2.75, 3.05) is 0 Å². The van der Waals surface area contributed by atoms with Crippen molar-refractivity contribution in [1.82, 2.24) is 0 Å². The Morgan fingerprint density at radius 2 is 2.07 bits per heavy atom. The molecule has 0 radical (unpaired) electrons. The lowest BCUT2D eigenvalue weighted by molar-refractivity contribution is 0.291. The maximum Gasteiger partial charge on any atom is 0.244 e. The van der Waals surface area contributed by atoms with E-state index in [1.54, 1.807) is 0 Å². The number of hydrogen-bond acceptors (Lipinski definition) is 3. The Balaban J connectivity index is 2.47. The number of sulfonamides is 1. The number of nitrogens with two attached hydrogens (primary N) is 1. The Bertz CT molecular complexity index is 482. The monoisotopic (exact) mass is 231 g/mol. The van der Waals surface area contributed by atoms with Gasteiger partial charge in [0.05, 0.1) is 6.10 Å². The Kier molecular flexibility index (Phi) is 2.40. The van der Waals surface area contributed by atoms with Crippen LogP contribution < -0.4 is 9.88 Å². The molecule has 2 N–H and O–H groups in total. The Labute approximate surface area is 86.9 Å². The van der Waals surface area contributed by atoms with Crippen LogP contribution in [0, 0.1) is 5.82 Å². The fourth-order valence-electron chi connectivity index (χ4n) is 1.22. The van der Waals surface area contributed by atoms with Crippen molar-refractivity contribution in [2.24, 2.45) is 5.14 Å². The summed E-state index contributed by atoms with van der Waals surface area (Å²) in [6, 6.07) is 3.84. The third-order valence-corrected chi connectivity index (χ3v) is 3.00. The summed E-state index contributed by atoms with van der Waals surface area (Å²) in [5.74, 6) is -0.879. The molecule has 0 spiro atoms. The molecule has 1 aromatic rings. The van der Waals surface area contributed by atoms with Crippen LogP contribution in [0.2, 0.25) is 0 Å². The SMILES string of the molecule is NS(=O)(=O)c1c(F)cccc1OC1CC1.